The third kappa shape index (κ3) is 35.5. The van der Waals surface area contributed by atoms with Crippen LogP contribution in [0.4, 0.5) is 0 Å². The Hall–Kier alpha value is -2.83. The first-order chi connectivity index (χ1) is 37.6. The second kappa shape index (κ2) is 49.0. The molecule has 0 saturated carbocycles. The summed E-state index contributed by atoms with van der Waals surface area (Å²) >= 11 is 0. The number of carbonyl (C=O) groups is 1. The Morgan fingerprint density at radius 2 is 0.844 bits per heavy atom. The van der Waals surface area contributed by atoms with Gasteiger partial charge in [0.05, 0.1) is 26.4 Å². The second-order valence-corrected chi connectivity index (χ2v) is 20.8. The van der Waals surface area contributed by atoms with Gasteiger partial charge in [0, 0.05) is 13.0 Å². The highest BCUT2D eigenvalue weighted by Gasteiger charge is 2.47. The Kier molecular flexibility index (Phi) is 44.7. The molecule has 0 aromatic rings. The standard InChI is InChI=1S/C63H108O14/c1-3-5-7-9-11-13-15-17-19-21-23-24-25-26-27-29-31-33-35-37-39-41-43-45-47-72-49-52(75-55(65)46-44-42-40-38-36-34-32-30-28-22-20-18-16-14-12-10-8-6-4-2)50-73-62-61(71)59(69)57(67)54(77-62)51-74-63-60(70)58(68)56(66)53(48-64)76-63/h5,7,11-14,17-20,23-24,26-27,52-54,56-64,66-71H,3-4,6,8-10,15-16,21-22,25,28-51H2,1-2H3/b7-5-,13-11-,14-12-,19-17-,20-18-,24-23-,27-26-. The predicted molar refractivity (Wildman–Crippen MR) is 307 cm³/mol. The minimum absolute atomic E-state index is 0.0497. The smallest absolute Gasteiger partial charge is 0.306 e. The number of aliphatic hydroxyl groups is 7. The number of carbonyl (C=O) groups excluding carboxylic acids is 1. The van der Waals surface area contributed by atoms with Crippen LogP contribution in [-0.2, 0) is 33.2 Å². The molecule has 2 aliphatic rings. The molecule has 7 N–H and O–H groups in total. The summed E-state index contributed by atoms with van der Waals surface area (Å²) in [5.41, 5.74) is 0. The summed E-state index contributed by atoms with van der Waals surface area (Å²) in [4.78, 5) is 13.1. The van der Waals surface area contributed by atoms with E-state index < -0.39 is 80.7 Å². The highest BCUT2D eigenvalue weighted by atomic mass is 16.7. The van der Waals surface area contributed by atoms with Crippen LogP contribution in [0, 0.1) is 0 Å². The van der Waals surface area contributed by atoms with Gasteiger partial charge in [-0.15, -0.1) is 0 Å². The van der Waals surface area contributed by atoms with E-state index in [0.29, 0.717) is 13.0 Å². The molecule has 0 aromatic carbocycles. The van der Waals surface area contributed by atoms with Crippen molar-refractivity contribution in [2.75, 3.05) is 33.0 Å². The fourth-order valence-electron chi connectivity index (χ4n) is 9.05. The fraction of sp³-hybridized carbons (Fsp3) is 0.762. The average Bonchev–Trinajstić information content (AvgIpc) is 3.43. The highest BCUT2D eigenvalue weighted by Crippen LogP contribution is 2.27. The molecule has 14 nitrogen and oxygen atoms in total. The zero-order valence-corrected chi connectivity index (χ0v) is 47.7. The largest absolute Gasteiger partial charge is 0.457 e. The quantitative estimate of drug-likeness (QED) is 0.0172. The van der Waals surface area contributed by atoms with E-state index in [9.17, 15) is 40.5 Å². The number of allylic oxidation sites excluding steroid dienone is 14. The van der Waals surface area contributed by atoms with Gasteiger partial charge in [0.25, 0.3) is 0 Å². The van der Waals surface area contributed by atoms with Crippen LogP contribution in [-0.4, -0.2) is 142 Å². The summed E-state index contributed by atoms with van der Waals surface area (Å²) in [6.07, 6.45) is 47.8. The van der Waals surface area contributed by atoms with E-state index in [4.69, 9.17) is 28.4 Å². The second-order valence-electron chi connectivity index (χ2n) is 20.8. The Bertz CT molecular complexity index is 1590. The molecule has 0 spiro atoms. The van der Waals surface area contributed by atoms with Crippen LogP contribution in [0.2, 0.25) is 0 Å². The van der Waals surface area contributed by atoms with Gasteiger partial charge in [-0.2, -0.15) is 0 Å². The molecule has 0 aliphatic carbocycles. The maximum Gasteiger partial charge on any atom is 0.306 e. The molecule has 11 atom stereocenters. The molecule has 0 amide bonds. The zero-order valence-electron chi connectivity index (χ0n) is 47.7. The summed E-state index contributed by atoms with van der Waals surface area (Å²) < 4.78 is 34.4. The zero-order chi connectivity index (χ0) is 55.8. The minimum atomic E-state index is -1.71. The summed E-state index contributed by atoms with van der Waals surface area (Å²) in [6, 6.07) is 0. The first kappa shape index (κ1) is 70.3. The number of rotatable bonds is 48. The highest BCUT2D eigenvalue weighted by molar-refractivity contribution is 5.69. The molecular formula is C63H108O14. The van der Waals surface area contributed by atoms with Gasteiger partial charge >= 0.3 is 5.97 Å². The maximum absolute atomic E-state index is 13.1. The van der Waals surface area contributed by atoms with Crippen molar-refractivity contribution in [3.8, 4) is 0 Å². The predicted octanol–water partition coefficient (Wildman–Crippen LogP) is 11.2. The van der Waals surface area contributed by atoms with E-state index >= 15 is 0 Å². The van der Waals surface area contributed by atoms with Crippen LogP contribution in [0.25, 0.3) is 0 Å². The van der Waals surface area contributed by atoms with Gasteiger partial charge in [0.1, 0.15) is 54.9 Å². The fourth-order valence-corrected chi connectivity index (χ4v) is 9.05. The van der Waals surface area contributed by atoms with Crippen molar-refractivity contribution >= 4 is 5.97 Å². The lowest BCUT2D eigenvalue weighted by Crippen LogP contribution is -2.61. The van der Waals surface area contributed by atoms with Crippen LogP contribution < -0.4 is 0 Å². The number of hydrogen-bond donors (Lipinski definition) is 7. The Balaban J connectivity index is 1.71. The van der Waals surface area contributed by atoms with E-state index in [0.717, 1.165) is 89.9 Å². The molecule has 2 fully saturated rings. The monoisotopic (exact) mass is 1090 g/mol. The Labute approximate surface area is 465 Å². The third-order valence-electron chi connectivity index (χ3n) is 13.9. The van der Waals surface area contributed by atoms with E-state index in [1.807, 2.05) is 0 Å². The lowest BCUT2D eigenvalue weighted by atomic mass is 9.98. The average molecular weight is 1090 g/mol. The van der Waals surface area contributed by atoms with Crippen molar-refractivity contribution < 1.29 is 69.0 Å². The van der Waals surface area contributed by atoms with Crippen molar-refractivity contribution in [1.82, 2.24) is 0 Å². The summed E-state index contributed by atoms with van der Waals surface area (Å²) in [6.45, 7) is 3.53. The van der Waals surface area contributed by atoms with E-state index in [1.54, 1.807) is 0 Å². The summed E-state index contributed by atoms with van der Waals surface area (Å²) in [5.74, 6) is -0.386. The normalized spacial score (nSPS) is 24.9. The van der Waals surface area contributed by atoms with Gasteiger partial charge in [-0.25, -0.2) is 0 Å². The van der Waals surface area contributed by atoms with Crippen molar-refractivity contribution in [3.05, 3.63) is 85.1 Å². The van der Waals surface area contributed by atoms with E-state index in [1.165, 1.54) is 89.9 Å². The van der Waals surface area contributed by atoms with Crippen molar-refractivity contribution in [2.45, 2.75) is 274 Å². The molecular weight excluding hydrogens is 981 g/mol. The van der Waals surface area contributed by atoms with Gasteiger partial charge in [-0.3, -0.25) is 4.79 Å². The Morgan fingerprint density at radius 3 is 1.32 bits per heavy atom. The van der Waals surface area contributed by atoms with Gasteiger partial charge in [0.2, 0.25) is 0 Å². The van der Waals surface area contributed by atoms with Crippen molar-refractivity contribution in [2.24, 2.45) is 0 Å². The number of aliphatic hydroxyl groups excluding tert-OH is 7. The number of esters is 1. The summed E-state index contributed by atoms with van der Waals surface area (Å²) in [5, 5.41) is 72.4. The molecule has 77 heavy (non-hydrogen) atoms. The van der Waals surface area contributed by atoms with Crippen LogP contribution in [0.5, 0.6) is 0 Å². The number of hydrogen-bond acceptors (Lipinski definition) is 14. The maximum atomic E-state index is 13.1. The van der Waals surface area contributed by atoms with Crippen LogP contribution in [0.3, 0.4) is 0 Å². The topological polar surface area (TPSA) is 214 Å². The van der Waals surface area contributed by atoms with Gasteiger partial charge in [-0.05, 0) is 89.9 Å². The first-order valence-corrected chi connectivity index (χ1v) is 30.2. The number of unbranched alkanes of at least 4 members (excludes halogenated alkanes) is 20. The van der Waals surface area contributed by atoms with Crippen molar-refractivity contribution in [3.63, 3.8) is 0 Å². The molecule has 11 unspecified atom stereocenters. The molecule has 0 radical (unpaired) electrons. The number of ether oxygens (including phenoxy) is 6. The molecule has 2 saturated heterocycles. The molecule has 2 heterocycles. The molecule has 2 aliphatic heterocycles. The van der Waals surface area contributed by atoms with Gasteiger partial charge < -0.3 is 64.2 Å². The van der Waals surface area contributed by atoms with E-state index in [2.05, 4.69) is 98.9 Å². The minimum Gasteiger partial charge on any atom is -0.457 e. The molecule has 14 heteroatoms. The first-order valence-electron chi connectivity index (χ1n) is 30.2. The third-order valence-corrected chi connectivity index (χ3v) is 13.9. The van der Waals surface area contributed by atoms with Crippen LogP contribution >= 0.6 is 0 Å². The molecule has 0 bridgehead atoms. The van der Waals surface area contributed by atoms with Crippen LogP contribution in [0.1, 0.15) is 206 Å². The van der Waals surface area contributed by atoms with Crippen LogP contribution in [0.15, 0.2) is 85.1 Å². The van der Waals surface area contributed by atoms with Crippen molar-refractivity contribution in [1.29, 1.82) is 0 Å². The molecule has 444 valence electrons. The van der Waals surface area contributed by atoms with Gasteiger partial charge in [-0.1, -0.05) is 195 Å². The lowest BCUT2D eigenvalue weighted by Gasteiger charge is -2.42. The lowest BCUT2D eigenvalue weighted by molar-refractivity contribution is -0.332. The Morgan fingerprint density at radius 1 is 0.442 bits per heavy atom. The molecule has 0 aromatic heterocycles. The van der Waals surface area contributed by atoms with Gasteiger partial charge in [0.15, 0.2) is 12.6 Å². The van der Waals surface area contributed by atoms with E-state index in [-0.39, 0.29) is 25.6 Å². The summed E-state index contributed by atoms with van der Waals surface area (Å²) in [7, 11) is 0. The SMILES string of the molecule is CC/C=C\C/C=C\C/C=C\C/C=C\C/C=C\CCCCCCCCCCOCC(COC1OC(COC2OC(CO)C(O)C(O)C2O)C(O)C(O)C1O)OC(=O)CCCCCCCCCCC/C=C\C/C=C\CCCCC. The molecule has 2 rings (SSSR count).